The molecule has 0 radical (unpaired) electrons. The molecule has 0 aliphatic carbocycles. The monoisotopic (exact) mass is 349 g/mol. The number of carboxylic acid groups (broad SMARTS) is 1. The Balaban J connectivity index is 1.91. The van der Waals surface area contributed by atoms with Crippen LogP contribution in [0.25, 0.3) is 0 Å². The normalized spacial score (nSPS) is 10.1. The summed E-state index contributed by atoms with van der Waals surface area (Å²) in [7, 11) is 1.40. The molecule has 126 valence electrons. The molecular weight excluding hydrogens is 334 g/mol. The Morgan fingerprint density at radius 1 is 1.17 bits per heavy atom. The molecule has 0 heterocycles. The molecule has 0 saturated heterocycles. The summed E-state index contributed by atoms with van der Waals surface area (Å²) >= 11 is 5.93. The Morgan fingerprint density at radius 3 is 2.58 bits per heavy atom. The summed E-state index contributed by atoms with van der Waals surface area (Å²) < 4.78 is 10.3. The van der Waals surface area contributed by atoms with E-state index < -0.39 is 5.97 Å². The lowest BCUT2D eigenvalue weighted by molar-refractivity contribution is -0.123. The SMILES string of the molecule is COc1ccc(CNC(=O)COc2ccccc2Cl)cc1C(=O)O. The number of ether oxygens (including phenoxy) is 2. The number of halogens is 1. The molecule has 0 aliphatic rings. The van der Waals surface area contributed by atoms with Crippen molar-refractivity contribution in [3.8, 4) is 11.5 Å². The highest BCUT2D eigenvalue weighted by atomic mass is 35.5. The largest absolute Gasteiger partial charge is 0.496 e. The molecule has 2 aromatic carbocycles. The molecule has 0 aromatic heterocycles. The number of nitrogens with one attached hydrogen (secondary N) is 1. The Hall–Kier alpha value is -2.73. The number of hydrogen-bond donors (Lipinski definition) is 2. The predicted octanol–water partition coefficient (Wildman–Crippen LogP) is 2.74. The average Bonchev–Trinajstić information content (AvgIpc) is 2.59. The van der Waals surface area contributed by atoms with E-state index in [1.54, 1.807) is 36.4 Å². The van der Waals surface area contributed by atoms with E-state index >= 15 is 0 Å². The number of hydrogen-bond acceptors (Lipinski definition) is 4. The number of rotatable bonds is 7. The molecule has 0 saturated carbocycles. The van der Waals surface area contributed by atoms with Gasteiger partial charge in [0.2, 0.25) is 0 Å². The molecule has 2 rings (SSSR count). The molecule has 0 atom stereocenters. The minimum absolute atomic E-state index is 0.0385. The van der Waals surface area contributed by atoms with Gasteiger partial charge in [-0.3, -0.25) is 4.79 Å². The average molecular weight is 350 g/mol. The number of methoxy groups -OCH3 is 1. The van der Waals surface area contributed by atoms with E-state index in [1.807, 2.05) is 0 Å². The number of benzene rings is 2. The standard InChI is InChI=1S/C17H16ClNO5/c1-23-14-7-6-11(8-12(14)17(21)22)9-19-16(20)10-24-15-5-3-2-4-13(15)18/h2-8H,9-10H2,1H3,(H,19,20)(H,21,22). The summed E-state index contributed by atoms with van der Waals surface area (Å²) in [6.07, 6.45) is 0. The van der Waals surface area contributed by atoms with Crippen LogP contribution < -0.4 is 14.8 Å². The van der Waals surface area contributed by atoms with Crippen LogP contribution in [0.5, 0.6) is 11.5 Å². The molecular formula is C17H16ClNO5. The Bertz CT molecular complexity index is 748. The summed E-state index contributed by atoms with van der Waals surface area (Å²) in [6.45, 7) is -0.0132. The van der Waals surface area contributed by atoms with Crippen LogP contribution >= 0.6 is 11.6 Å². The summed E-state index contributed by atoms with van der Waals surface area (Å²) in [5.74, 6) is -0.753. The van der Waals surface area contributed by atoms with Crippen molar-refractivity contribution in [1.29, 1.82) is 0 Å². The fourth-order valence-corrected chi connectivity index (χ4v) is 2.18. The van der Waals surface area contributed by atoms with Crippen LogP contribution in [0.2, 0.25) is 5.02 Å². The number of carbonyl (C=O) groups excluding carboxylic acids is 1. The number of aromatic carboxylic acids is 1. The van der Waals surface area contributed by atoms with Gasteiger partial charge in [-0.05, 0) is 29.8 Å². The van der Waals surface area contributed by atoms with Gasteiger partial charge in [-0.2, -0.15) is 0 Å². The first-order valence-electron chi connectivity index (χ1n) is 7.05. The second kappa shape index (κ2) is 8.21. The van der Waals surface area contributed by atoms with Gasteiger partial charge in [0.05, 0.1) is 12.1 Å². The lowest BCUT2D eigenvalue weighted by atomic mass is 10.1. The fraction of sp³-hybridized carbons (Fsp3) is 0.176. The van der Waals surface area contributed by atoms with Crippen LogP contribution in [0.3, 0.4) is 0 Å². The molecule has 1 amide bonds. The van der Waals surface area contributed by atoms with E-state index in [2.05, 4.69) is 5.32 Å². The molecule has 7 heteroatoms. The van der Waals surface area contributed by atoms with E-state index in [1.165, 1.54) is 13.2 Å². The van der Waals surface area contributed by atoms with Gasteiger partial charge in [-0.15, -0.1) is 0 Å². The van der Waals surface area contributed by atoms with Crippen molar-refractivity contribution in [2.45, 2.75) is 6.54 Å². The molecule has 0 aliphatic heterocycles. The van der Waals surface area contributed by atoms with Crippen LogP contribution in [0.4, 0.5) is 0 Å². The van der Waals surface area contributed by atoms with Crippen molar-refractivity contribution in [3.63, 3.8) is 0 Å². The maximum absolute atomic E-state index is 11.8. The van der Waals surface area contributed by atoms with Gasteiger partial charge >= 0.3 is 5.97 Å². The first kappa shape index (κ1) is 17.6. The summed E-state index contributed by atoms with van der Waals surface area (Å²) in [4.78, 5) is 23.0. The number of para-hydroxylation sites is 1. The third-order valence-electron chi connectivity index (χ3n) is 3.18. The van der Waals surface area contributed by atoms with Crippen LogP contribution in [0.1, 0.15) is 15.9 Å². The van der Waals surface area contributed by atoms with E-state index in [4.69, 9.17) is 26.2 Å². The summed E-state index contributed by atoms with van der Waals surface area (Å²) in [6, 6.07) is 11.5. The molecule has 6 nitrogen and oxygen atoms in total. The zero-order valence-corrected chi connectivity index (χ0v) is 13.7. The highest BCUT2D eigenvalue weighted by Crippen LogP contribution is 2.23. The van der Waals surface area contributed by atoms with E-state index in [0.29, 0.717) is 16.3 Å². The molecule has 0 bridgehead atoms. The topological polar surface area (TPSA) is 84.9 Å². The van der Waals surface area contributed by atoms with Gasteiger partial charge in [-0.25, -0.2) is 4.79 Å². The maximum atomic E-state index is 11.8. The van der Waals surface area contributed by atoms with Crippen molar-refractivity contribution >= 4 is 23.5 Å². The summed E-state index contributed by atoms with van der Waals surface area (Å²) in [5, 5.41) is 12.2. The molecule has 24 heavy (non-hydrogen) atoms. The fourth-order valence-electron chi connectivity index (χ4n) is 1.99. The van der Waals surface area contributed by atoms with Crippen molar-refractivity contribution in [2.75, 3.05) is 13.7 Å². The van der Waals surface area contributed by atoms with Crippen LogP contribution in [0, 0.1) is 0 Å². The zero-order chi connectivity index (χ0) is 17.5. The molecule has 0 unspecified atom stereocenters. The highest BCUT2D eigenvalue weighted by Gasteiger charge is 2.12. The highest BCUT2D eigenvalue weighted by molar-refractivity contribution is 6.32. The second-order valence-electron chi connectivity index (χ2n) is 4.84. The van der Waals surface area contributed by atoms with Gasteiger partial charge in [0.25, 0.3) is 5.91 Å². The van der Waals surface area contributed by atoms with Crippen molar-refractivity contribution < 1.29 is 24.2 Å². The van der Waals surface area contributed by atoms with Gasteiger partial charge < -0.3 is 19.9 Å². The number of carboxylic acids is 1. The summed E-state index contributed by atoms with van der Waals surface area (Å²) in [5.41, 5.74) is 0.677. The maximum Gasteiger partial charge on any atom is 0.339 e. The molecule has 2 N–H and O–H groups in total. The molecule has 0 fully saturated rings. The molecule has 2 aromatic rings. The van der Waals surface area contributed by atoms with Crippen LogP contribution in [-0.4, -0.2) is 30.7 Å². The van der Waals surface area contributed by atoms with Gasteiger partial charge in [0, 0.05) is 6.54 Å². The number of amides is 1. The van der Waals surface area contributed by atoms with Crippen LogP contribution in [0.15, 0.2) is 42.5 Å². The second-order valence-corrected chi connectivity index (χ2v) is 5.24. The third-order valence-corrected chi connectivity index (χ3v) is 3.49. The first-order chi connectivity index (χ1) is 11.5. The zero-order valence-electron chi connectivity index (χ0n) is 12.9. The third kappa shape index (κ3) is 4.63. The lowest BCUT2D eigenvalue weighted by Crippen LogP contribution is -2.28. The Kier molecular flexibility index (Phi) is 6.03. The molecule has 0 spiro atoms. The first-order valence-corrected chi connectivity index (χ1v) is 7.43. The quantitative estimate of drug-likeness (QED) is 0.802. The van der Waals surface area contributed by atoms with Crippen molar-refractivity contribution in [1.82, 2.24) is 5.32 Å². The van der Waals surface area contributed by atoms with Gasteiger partial charge in [0.15, 0.2) is 6.61 Å². The van der Waals surface area contributed by atoms with E-state index in [9.17, 15) is 9.59 Å². The Morgan fingerprint density at radius 2 is 1.92 bits per heavy atom. The predicted molar refractivity (Wildman–Crippen MR) is 88.7 cm³/mol. The van der Waals surface area contributed by atoms with Crippen LogP contribution in [-0.2, 0) is 11.3 Å². The van der Waals surface area contributed by atoms with Crippen molar-refractivity contribution in [2.24, 2.45) is 0 Å². The van der Waals surface area contributed by atoms with E-state index in [0.717, 1.165) is 0 Å². The van der Waals surface area contributed by atoms with Gasteiger partial charge in [0.1, 0.15) is 17.1 Å². The Labute approximate surface area is 144 Å². The minimum Gasteiger partial charge on any atom is -0.496 e. The number of carbonyl (C=O) groups is 2. The van der Waals surface area contributed by atoms with Crippen molar-refractivity contribution in [3.05, 3.63) is 58.6 Å². The smallest absolute Gasteiger partial charge is 0.339 e. The van der Waals surface area contributed by atoms with Gasteiger partial charge in [-0.1, -0.05) is 29.8 Å². The van der Waals surface area contributed by atoms with E-state index in [-0.39, 0.29) is 30.4 Å². The lowest BCUT2D eigenvalue weighted by Gasteiger charge is -2.10. The minimum atomic E-state index is -1.10.